The van der Waals surface area contributed by atoms with Crippen LogP contribution in [0.5, 0.6) is 0 Å². The smallest absolute Gasteiger partial charge is 0.208 e. The van der Waals surface area contributed by atoms with E-state index in [1.807, 2.05) is 48.7 Å². The molecule has 0 fully saturated rings. The van der Waals surface area contributed by atoms with Gasteiger partial charge in [0.05, 0.1) is 13.1 Å². The lowest BCUT2D eigenvalue weighted by Crippen LogP contribution is -2.19. The second kappa shape index (κ2) is 4.71. The van der Waals surface area contributed by atoms with Crippen LogP contribution in [-0.4, -0.2) is 39.8 Å². The molecule has 0 spiro atoms. The van der Waals surface area contributed by atoms with Crippen molar-refractivity contribution in [2.24, 2.45) is 14.1 Å². The van der Waals surface area contributed by atoms with Crippen molar-refractivity contribution in [1.29, 1.82) is 0 Å². The van der Waals surface area contributed by atoms with Gasteiger partial charge in [0.2, 0.25) is 6.67 Å². The normalized spacial score (nSPS) is 14.6. The quantitative estimate of drug-likeness (QED) is 0.752. The minimum absolute atomic E-state index is 0.654. The lowest BCUT2D eigenvalue weighted by atomic mass is 10.4. The van der Waals surface area contributed by atoms with E-state index in [2.05, 4.69) is 27.3 Å². The molecule has 0 N–H and O–H groups in total. The Morgan fingerprint density at radius 2 is 1.37 bits per heavy atom. The summed E-state index contributed by atoms with van der Waals surface area (Å²) in [7, 11) is 3.70. The maximum absolute atomic E-state index is 4.04. The zero-order valence-corrected chi connectivity index (χ0v) is 10.8. The average Bonchev–Trinajstić information content (AvgIpc) is 3.05. The highest BCUT2D eigenvalue weighted by atomic mass is 15.4. The Hall–Kier alpha value is -2.38. The maximum Gasteiger partial charge on any atom is 0.208 e. The fourth-order valence-corrected chi connectivity index (χ4v) is 1.85. The van der Waals surface area contributed by atoms with E-state index in [-0.39, 0.29) is 0 Å². The second-order valence-corrected chi connectivity index (χ2v) is 4.42. The Bertz CT molecular complexity index is 533. The van der Waals surface area contributed by atoms with Crippen LogP contribution in [0, 0.1) is 6.67 Å². The van der Waals surface area contributed by atoms with Crippen molar-refractivity contribution in [3.05, 3.63) is 42.9 Å². The standard InChI is InChI=1S/C11H14N8/c1-16-5-10(12-14-16)7-18-3-4-19(9-18)8-11-6-17(2)15-13-11/h3-6H,7-8H2,1-2H3. The fourth-order valence-electron chi connectivity index (χ4n) is 1.85. The lowest BCUT2D eigenvalue weighted by molar-refractivity contribution is 0.329. The monoisotopic (exact) mass is 258 g/mol. The van der Waals surface area contributed by atoms with E-state index in [1.165, 1.54) is 0 Å². The molecule has 19 heavy (non-hydrogen) atoms. The van der Waals surface area contributed by atoms with Gasteiger partial charge in [0.1, 0.15) is 11.4 Å². The van der Waals surface area contributed by atoms with Crippen molar-refractivity contribution in [1.82, 2.24) is 39.8 Å². The van der Waals surface area contributed by atoms with E-state index in [0.29, 0.717) is 13.1 Å². The first kappa shape index (κ1) is 11.7. The van der Waals surface area contributed by atoms with Gasteiger partial charge < -0.3 is 9.80 Å². The molecule has 0 atom stereocenters. The van der Waals surface area contributed by atoms with E-state index in [4.69, 9.17) is 0 Å². The van der Waals surface area contributed by atoms with Crippen LogP contribution in [0.2, 0.25) is 0 Å². The Morgan fingerprint density at radius 1 is 0.895 bits per heavy atom. The van der Waals surface area contributed by atoms with Gasteiger partial charge >= 0.3 is 0 Å². The summed E-state index contributed by atoms with van der Waals surface area (Å²) in [6.45, 7) is 4.52. The van der Waals surface area contributed by atoms with Crippen molar-refractivity contribution in [3.63, 3.8) is 0 Å². The number of hydrogen-bond acceptors (Lipinski definition) is 6. The van der Waals surface area contributed by atoms with Crippen LogP contribution in [0.3, 0.4) is 0 Å². The molecule has 0 bridgehead atoms. The van der Waals surface area contributed by atoms with E-state index >= 15 is 0 Å². The van der Waals surface area contributed by atoms with Crippen LogP contribution >= 0.6 is 0 Å². The number of nitrogens with zero attached hydrogens (tertiary/aromatic N) is 8. The molecular formula is C11H14N8. The molecule has 2 radical (unpaired) electrons. The molecule has 1 aliphatic rings. The Labute approximate surface area is 110 Å². The van der Waals surface area contributed by atoms with Crippen molar-refractivity contribution >= 4 is 0 Å². The van der Waals surface area contributed by atoms with Gasteiger partial charge in [-0.1, -0.05) is 10.4 Å². The molecule has 8 heteroatoms. The predicted molar refractivity (Wildman–Crippen MR) is 65.5 cm³/mol. The van der Waals surface area contributed by atoms with Crippen molar-refractivity contribution in [2.45, 2.75) is 13.1 Å². The van der Waals surface area contributed by atoms with Gasteiger partial charge in [0.25, 0.3) is 0 Å². The van der Waals surface area contributed by atoms with Crippen LogP contribution in [0.25, 0.3) is 0 Å². The van der Waals surface area contributed by atoms with Crippen molar-refractivity contribution in [3.8, 4) is 0 Å². The Morgan fingerprint density at radius 3 is 1.74 bits per heavy atom. The number of aryl methyl sites for hydroxylation is 2. The van der Waals surface area contributed by atoms with Gasteiger partial charge in [-0.15, -0.1) is 10.2 Å². The van der Waals surface area contributed by atoms with Gasteiger partial charge in [0.15, 0.2) is 0 Å². The minimum Gasteiger partial charge on any atom is -0.340 e. The maximum atomic E-state index is 4.04. The highest BCUT2D eigenvalue weighted by Crippen LogP contribution is 2.16. The molecule has 0 saturated heterocycles. The molecule has 0 aliphatic carbocycles. The zero-order chi connectivity index (χ0) is 13.2. The zero-order valence-electron chi connectivity index (χ0n) is 10.8. The molecule has 0 saturated carbocycles. The molecule has 98 valence electrons. The number of aromatic nitrogens is 6. The van der Waals surface area contributed by atoms with Gasteiger partial charge in [-0.05, 0) is 0 Å². The highest BCUT2D eigenvalue weighted by molar-refractivity contribution is 5.04. The van der Waals surface area contributed by atoms with Crippen LogP contribution in [0.4, 0.5) is 0 Å². The van der Waals surface area contributed by atoms with Crippen LogP contribution < -0.4 is 0 Å². The first-order valence-corrected chi connectivity index (χ1v) is 5.87. The summed E-state index contributed by atoms with van der Waals surface area (Å²) >= 11 is 0. The van der Waals surface area contributed by atoms with Crippen LogP contribution in [0.15, 0.2) is 24.8 Å². The third kappa shape index (κ3) is 2.72. The van der Waals surface area contributed by atoms with Gasteiger partial charge in [-0.2, -0.15) is 0 Å². The minimum atomic E-state index is 0.654. The SMILES string of the molecule is Cn1cc(CN2[C]N(Cc3cn(C)nn3)C=C2)nn1. The predicted octanol–water partition coefficient (Wildman–Crippen LogP) is -0.271. The summed E-state index contributed by atoms with van der Waals surface area (Å²) in [6, 6.07) is 0. The second-order valence-electron chi connectivity index (χ2n) is 4.42. The number of hydrogen-bond donors (Lipinski definition) is 0. The summed E-state index contributed by atoms with van der Waals surface area (Å²) < 4.78 is 3.37. The molecule has 0 unspecified atom stereocenters. The largest absolute Gasteiger partial charge is 0.340 e. The summed E-state index contributed by atoms with van der Waals surface area (Å²) in [5.41, 5.74) is 1.81. The topological polar surface area (TPSA) is 67.9 Å². The summed E-state index contributed by atoms with van der Waals surface area (Å²) in [6.07, 6.45) is 7.68. The third-order valence-electron chi connectivity index (χ3n) is 2.65. The molecular weight excluding hydrogens is 244 g/mol. The lowest BCUT2D eigenvalue weighted by Gasteiger charge is -2.16. The first-order chi connectivity index (χ1) is 9.19. The molecule has 0 amide bonds. The van der Waals surface area contributed by atoms with E-state index in [0.717, 1.165) is 11.4 Å². The summed E-state index contributed by atoms with van der Waals surface area (Å²) in [4.78, 5) is 3.86. The molecule has 0 aromatic carbocycles. The van der Waals surface area contributed by atoms with Crippen LogP contribution in [0.1, 0.15) is 11.4 Å². The summed E-state index contributed by atoms with van der Waals surface area (Å²) in [5, 5.41) is 15.9. The average molecular weight is 258 g/mol. The van der Waals surface area contributed by atoms with Gasteiger partial charge in [-0.3, -0.25) is 9.36 Å². The molecule has 3 heterocycles. The first-order valence-electron chi connectivity index (χ1n) is 5.87. The Balaban J connectivity index is 1.54. The van der Waals surface area contributed by atoms with Crippen LogP contribution in [-0.2, 0) is 27.2 Å². The third-order valence-corrected chi connectivity index (χ3v) is 2.65. The molecule has 1 aliphatic heterocycles. The van der Waals surface area contributed by atoms with E-state index in [1.54, 1.807) is 9.36 Å². The number of rotatable bonds is 4. The summed E-state index contributed by atoms with van der Waals surface area (Å²) in [5.74, 6) is 0. The Kier molecular flexibility index (Phi) is 2.90. The molecule has 8 nitrogen and oxygen atoms in total. The van der Waals surface area contributed by atoms with Gasteiger partial charge in [0, 0.05) is 38.9 Å². The molecule has 3 rings (SSSR count). The fraction of sp³-hybridized carbons (Fsp3) is 0.364. The molecule has 2 aromatic heterocycles. The van der Waals surface area contributed by atoms with Crippen molar-refractivity contribution < 1.29 is 0 Å². The van der Waals surface area contributed by atoms with E-state index in [9.17, 15) is 0 Å². The van der Waals surface area contributed by atoms with E-state index < -0.39 is 0 Å². The van der Waals surface area contributed by atoms with Gasteiger partial charge in [-0.25, -0.2) is 0 Å². The molecule has 2 aromatic rings. The van der Waals surface area contributed by atoms with Crippen molar-refractivity contribution in [2.75, 3.05) is 0 Å². The highest BCUT2D eigenvalue weighted by Gasteiger charge is 2.17.